The van der Waals surface area contributed by atoms with Gasteiger partial charge in [-0.1, -0.05) is 19.1 Å². The van der Waals surface area contributed by atoms with E-state index in [1.165, 1.54) is 11.1 Å². The molecule has 0 unspecified atom stereocenters. The molecule has 1 N–H and O–H groups in total. The summed E-state index contributed by atoms with van der Waals surface area (Å²) in [4.78, 5) is 0. The molecule has 4 heteroatoms. The van der Waals surface area contributed by atoms with E-state index in [2.05, 4.69) is 19.1 Å². The minimum Gasteiger partial charge on any atom is -0.504 e. The van der Waals surface area contributed by atoms with Crippen molar-refractivity contribution in [2.24, 2.45) is 5.92 Å². The number of hydrogen-bond acceptors (Lipinski definition) is 4. The van der Waals surface area contributed by atoms with Gasteiger partial charge in [0, 0.05) is 0 Å². The summed E-state index contributed by atoms with van der Waals surface area (Å²) < 4.78 is 15.9. The van der Waals surface area contributed by atoms with Crippen LogP contribution in [0.4, 0.5) is 0 Å². The first-order valence-corrected chi connectivity index (χ1v) is 7.90. The molecular weight excluding hydrogens is 292 g/mol. The molecule has 3 rings (SSSR count). The van der Waals surface area contributed by atoms with E-state index in [-0.39, 0.29) is 5.75 Å². The molecule has 122 valence electrons. The van der Waals surface area contributed by atoms with Crippen molar-refractivity contribution in [3.8, 4) is 23.0 Å². The fourth-order valence-corrected chi connectivity index (χ4v) is 2.86. The largest absolute Gasteiger partial charge is 0.504 e. The fraction of sp³-hybridized carbons (Fsp3) is 0.368. The van der Waals surface area contributed by atoms with Crippen LogP contribution in [0.15, 0.2) is 36.4 Å². The molecule has 23 heavy (non-hydrogen) atoms. The highest BCUT2D eigenvalue weighted by Gasteiger charge is 2.14. The van der Waals surface area contributed by atoms with Crippen molar-refractivity contribution in [1.29, 1.82) is 0 Å². The van der Waals surface area contributed by atoms with Crippen molar-refractivity contribution in [3.63, 3.8) is 0 Å². The lowest BCUT2D eigenvalue weighted by Crippen LogP contribution is -2.02. The zero-order chi connectivity index (χ0) is 16.2. The molecule has 0 saturated heterocycles. The minimum absolute atomic E-state index is 0.185. The van der Waals surface area contributed by atoms with Crippen LogP contribution in [0.25, 0.3) is 0 Å². The molecule has 0 bridgehead atoms. The number of hydrogen-bond donors (Lipinski definition) is 1. The Bertz CT molecular complexity index is 681. The highest BCUT2D eigenvalue weighted by Crippen LogP contribution is 2.33. The number of phenolic OH excluding ortho intramolecular Hbond substituents is 1. The average Bonchev–Trinajstić information content (AvgIpc) is 3.01. The Balaban J connectivity index is 1.56. The van der Waals surface area contributed by atoms with Crippen LogP contribution in [0, 0.1) is 5.92 Å². The van der Waals surface area contributed by atoms with Crippen molar-refractivity contribution in [1.82, 2.24) is 0 Å². The number of aromatic hydroxyl groups is 1. The molecule has 0 saturated carbocycles. The van der Waals surface area contributed by atoms with Gasteiger partial charge >= 0.3 is 0 Å². The molecule has 0 amide bonds. The monoisotopic (exact) mass is 314 g/mol. The maximum atomic E-state index is 9.64. The summed E-state index contributed by atoms with van der Waals surface area (Å²) in [5, 5.41) is 9.64. The predicted octanol–water partition coefficient (Wildman–Crippen LogP) is 3.94. The second kappa shape index (κ2) is 6.82. The maximum Gasteiger partial charge on any atom is 0.231 e. The summed E-state index contributed by atoms with van der Waals surface area (Å²) in [7, 11) is 1.57. The Kier molecular flexibility index (Phi) is 4.60. The van der Waals surface area contributed by atoms with Crippen molar-refractivity contribution >= 4 is 0 Å². The van der Waals surface area contributed by atoms with Crippen LogP contribution in [0.3, 0.4) is 0 Å². The Morgan fingerprint density at radius 2 is 1.87 bits per heavy atom. The number of aryl methyl sites for hydroxylation is 1. The summed E-state index contributed by atoms with van der Waals surface area (Å²) >= 11 is 0. The molecular formula is C19H22O4. The van der Waals surface area contributed by atoms with Crippen LogP contribution >= 0.6 is 0 Å². The van der Waals surface area contributed by atoms with Crippen LogP contribution in [0.5, 0.6) is 23.0 Å². The van der Waals surface area contributed by atoms with Crippen LogP contribution in [0.1, 0.15) is 24.5 Å². The summed E-state index contributed by atoms with van der Waals surface area (Å²) in [5.41, 5.74) is 2.45. The highest BCUT2D eigenvalue weighted by atomic mass is 16.7. The fourth-order valence-electron chi connectivity index (χ4n) is 2.86. The molecule has 2 aromatic rings. The molecule has 1 atom stereocenters. The van der Waals surface area contributed by atoms with Gasteiger partial charge in [-0.05, 0) is 60.6 Å². The first-order chi connectivity index (χ1) is 11.2. The van der Waals surface area contributed by atoms with Gasteiger partial charge in [0.2, 0.25) is 6.79 Å². The first kappa shape index (κ1) is 15.5. The van der Waals surface area contributed by atoms with E-state index in [4.69, 9.17) is 14.2 Å². The smallest absolute Gasteiger partial charge is 0.231 e. The van der Waals surface area contributed by atoms with E-state index < -0.39 is 0 Å². The van der Waals surface area contributed by atoms with Gasteiger partial charge in [-0.2, -0.15) is 0 Å². The second-order valence-electron chi connectivity index (χ2n) is 6.04. The predicted molar refractivity (Wildman–Crippen MR) is 88.4 cm³/mol. The van der Waals surface area contributed by atoms with Gasteiger partial charge in [0.1, 0.15) is 0 Å². The zero-order valence-corrected chi connectivity index (χ0v) is 13.5. The lowest BCUT2D eigenvalue weighted by Gasteiger charge is -2.13. The lowest BCUT2D eigenvalue weighted by atomic mass is 9.94. The third-order valence-electron chi connectivity index (χ3n) is 4.19. The summed E-state index contributed by atoms with van der Waals surface area (Å²) in [5.74, 6) is 2.95. The molecule has 0 radical (unpaired) electrons. The molecule has 0 aromatic heterocycles. The van der Waals surface area contributed by atoms with Crippen LogP contribution < -0.4 is 14.2 Å². The minimum atomic E-state index is 0.185. The van der Waals surface area contributed by atoms with Gasteiger partial charge in [-0.3, -0.25) is 0 Å². The van der Waals surface area contributed by atoms with E-state index in [9.17, 15) is 5.11 Å². The number of fused-ring (bicyclic) bond motifs is 1. The standard InChI is InChI=1S/C19H22O4/c1-13(3-4-14-5-7-16(20)18(10-14)21-2)9-15-6-8-17-19(11-15)23-12-22-17/h5-8,10-11,13,20H,3-4,9,12H2,1-2H3/t13-/m0/s1. The molecule has 0 spiro atoms. The van der Waals surface area contributed by atoms with Gasteiger partial charge in [-0.25, -0.2) is 0 Å². The number of phenols is 1. The van der Waals surface area contributed by atoms with Crippen molar-refractivity contribution in [2.45, 2.75) is 26.2 Å². The third-order valence-corrected chi connectivity index (χ3v) is 4.19. The average molecular weight is 314 g/mol. The van der Waals surface area contributed by atoms with E-state index in [1.54, 1.807) is 13.2 Å². The molecule has 1 heterocycles. The van der Waals surface area contributed by atoms with Crippen LogP contribution in [-0.4, -0.2) is 19.0 Å². The van der Waals surface area contributed by atoms with Crippen LogP contribution in [0.2, 0.25) is 0 Å². The molecule has 0 aliphatic carbocycles. The van der Waals surface area contributed by atoms with Gasteiger partial charge in [0.25, 0.3) is 0 Å². The number of methoxy groups -OCH3 is 1. The topological polar surface area (TPSA) is 47.9 Å². The zero-order valence-electron chi connectivity index (χ0n) is 13.5. The van der Waals surface area contributed by atoms with E-state index >= 15 is 0 Å². The normalized spacial score (nSPS) is 13.8. The van der Waals surface area contributed by atoms with Gasteiger partial charge in [0.15, 0.2) is 23.0 Å². The Labute approximate surface area is 136 Å². The number of ether oxygens (including phenoxy) is 3. The molecule has 1 aliphatic heterocycles. The lowest BCUT2D eigenvalue weighted by molar-refractivity contribution is 0.174. The van der Waals surface area contributed by atoms with Crippen LogP contribution in [-0.2, 0) is 12.8 Å². The Morgan fingerprint density at radius 3 is 2.70 bits per heavy atom. The summed E-state index contributed by atoms with van der Waals surface area (Å²) in [6, 6.07) is 11.7. The maximum absolute atomic E-state index is 9.64. The van der Waals surface area contributed by atoms with Gasteiger partial charge < -0.3 is 19.3 Å². The second-order valence-corrected chi connectivity index (χ2v) is 6.04. The summed E-state index contributed by atoms with van der Waals surface area (Å²) in [6.45, 7) is 2.57. The number of benzene rings is 2. The van der Waals surface area contributed by atoms with Gasteiger partial charge in [0.05, 0.1) is 7.11 Å². The Hall–Kier alpha value is -2.36. The van der Waals surface area contributed by atoms with E-state index in [0.717, 1.165) is 30.8 Å². The quantitative estimate of drug-likeness (QED) is 0.877. The number of rotatable bonds is 6. The van der Waals surface area contributed by atoms with Crippen molar-refractivity contribution in [2.75, 3.05) is 13.9 Å². The molecule has 1 aliphatic rings. The van der Waals surface area contributed by atoms with Gasteiger partial charge in [-0.15, -0.1) is 0 Å². The first-order valence-electron chi connectivity index (χ1n) is 7.90. The summed E-state index contributed by atoms with van der Waals surface area (Å²) in [6.07, 6.45) is 3.04. The van der Waals surface area contributed by atoms with Crippen molar-refractivity contribution < 1.29 is 19.3 Å². The SMILES string of the molecule is COc1cc(CC[C@H](C)Cc2ccc3c(c2)OCO3)ccc1O. The highest BCUT2D eigenvalue weighted by molar-refractivity contribution is 5.44. The molecule has 2 aromatic carbocycles. The van der Waals surface area contributed by atoms with Crippen molar-refractivity contribution in [3.05, 3.63) is 47.5 Å². The molecule has 4 nitrogen and oxygen atoms in total. The Morgan fingerprint density at radius 1 is 1.09 bits per heavy atom. The van der Waals surface area contributed by atoms with E-state index in [1.807, 2.05) is 18.2 Å². The molecule has 0 fully saturated rings. The van der Waals surface area contributed by atoms with E-state index in [0.29, 0.717) is 18.5 Å². The third kappa shape index (κ3) is 3.70.